The molecule has 0 bridgehead atoms. The largest absolute Gasteiger partial charge is 0.492 e. The number of allylic oxidation sites excluding steroid dienone is 1. The molecule has 0 unspecified atom stereocenters. The van der Waals surface area contributed by atoms with Crippen LogP contribution in [-0.2, 0) is 39.8 Å². The summed E-state index contributed by atoms with van der Waals surface area (Å²) in [4.78, 5) is 54.4. The summed E-state index contributed by atoms with van der Waals surface area (Å²) in [7, 11) is 1.43. The number of carbonyl (C=O) groups excluding carboxylic acids is 4. The first-order chi connectivity index (χ1) is 21.9. The van der Waals surface area contributed by atoms with E-state index < -0.39 is 35.4 Å². The number of esters is 2. The van der Waals surface area contributed by atoms with Crippen LogP contribution in [0.25, 0.3) is 0 Å². The van der Waals surface area contributed by atoms with Gasteiger partial charge in [0.15, 0.2) is 17.6 Å². The summed E-state index contributed by atoms with van der Waals surface area (Å²) in [6.45, 7) is 1.59. The fraction of sp³-hybridized carbons (Fsp3) is 0.200. The molecule has 6 rings (SSSR count). The zero-order valence-corrected chi connectivity index (χ0v) is 25.4. The molecule has 2 amide bonds. The monoisotopic (exact) mass is 622 g/mol. The van der Waals surface area contributed by atoms with E-state index in [1.165, 1.54) is 23.8 Å². The highest BCUT2D eigenvalue weighted by Gasteiger charge is 2.54. The Morgan fingerprint density at radius 2 is 1.58 bits per heavy atom. The first-order valence-corrected chi connectivity index (χ1v) is 15.4. The van der Waals surface area contributed by atoms with Crippen molar-refractivity contribution >= 4 is 35.5 Å². The molecule has 0 aliphatic carbocycles. The van der Waals surface area contributed by atoms with Gasteiger partial charge in [-0.15, -0.1) is 11.8 Å². The number of methoxy groups -OCH3 is 1. The van der Waals surface area contributed by atoms with Crippen LogP contribution in [0.4, 0.5) is 0 Å². The molecule has 3 aromatic carbocycles. The van der Waals surface area contributed by atoms with Crippen molar-refractivity contribution in [1.29, 1.82) is 0 Å². The van der Waals surface area contributed by atoms with Crippen LogP contribution in [0.15, 0.2) is 125 Å². The van der Waals surface area contributed by atoms with Crippen molar-refractivity contribution < 1.29 is 33.4 Å². The van der Waals surface area contributed by atoms with E-state index in [9.17, 15) is 19.2 Å². The first kappa shape index (κ1) is 30.0. The maximum Gasteiger partial charge on any atom is 0.356 e. The molecular weight excluding hydrogens is 592 g/mol. The van der Waals surface area contributed by atoms with Gasteiger partial charge < -0.3 is 19.5 Å². The molecule has 3 aliphatic rings. The van der Waals surface area contributed by atoms with E-state index in [0.717, 1.165) is 16.7 Å². The van der Waals surface area contributed by atoms with Gasteiger partial charge >= 0.3 is 11.9 Å². The molecule has 0 radical (unpaired) electrons. The second kappa shape index (κ2) is 12.9. The lowest BCUT2D eigenvalue weighted by Gasteiger charge is -2.49. The molecule has 0 spiro atoms. The van der Waals surface area contributed by atoms with Crippen LogP contribution in [0.1, 0.15) is 29.7 Å². The van der Waals surface area contributed by atoms with E-state index in [4.69, 9.17) is 14.2 Å². The zero-order valence-electron chi connectivity index (χ0n) is 24.6. The lowest BCUT2D eigenvalue weighted by Crippen LogP contribution is -2.70. The third kappa shape index (κ3) is 6.01. The summed E-state index contributed by atoms with van der Waals surface area (Å²) in [5.74, 6) is -1.34. The van der Waals surface area contributed by atoms with E-state index in [-0.39, 0.29) is 35.3 Å². The Morgan fingerprint density at radius 3 is 2.18 bits per heavy atom. The van der Waals surface area contributed by atoms with Gasteiger partial charge in [0.2, 0.25) is 5.91 Å². The molecule has 1 saturated heterocycles. The second-order valence-corrected chi connectivity index (χ2v) is 11.8. The fourth-order valence-corrected chi connectivity index (χ4v) is 6.81. The topological polar surface area (TPSA) is 111 Å². The average Bonchev–Trinajstić information content (AvgIpc) is 3.34. The predicted molar refractivity (Wildman–Crippen MR) is 167 cm³/mol. The number of thioether (sulfide) groups is 1. The highest BCUT2D eigenvalue weighted by molar-refractivity contribution is 8.00. The number of rotatable bonds is 9. The number of hydrogen-bond acceptors (Lipinski definition) is 8. The van der Waals surface area contributed by atoms with E-state index in [2.05, 4.69) is 5.32 Å². The quantitative estimate of drug-likeness (QED) is 0.273. The summed E-state index contributed by atoms with van der Waals surface area (Å²) >= 11 is 1.39. The van der Waals surface area contributed by atoms with Gasteiger partial charge in [-0.3, -0.25) is 14.5 Å². The summed E-state index contributed by atoms with van der Waals surface area (Å²) in [5, 5.41) is 2.32. The van der Waals surface area contributed by atoms with Gasteiger partial charge in [0, 0.05) is 5.75 Å². The van der Waals surface area contributed by atoms with E-state index >= 15 is 0 Å². The molecule has 1 N–H and O–H groups in total. The Hall–Kier alpha value is -5.09. The molecule has 3 aromatic rings. The number of fused-ring (bicyclic) bond motifs is 1. The van der Waals surface area contributed by atoms with Gasteiger partial charge in [0.25, 0.3) is 5.91 Å². The van der Waals surface area contributed by atoms with Crippen LogP contribution in [0.3, 0.4) is 0 Å². The van der Waals surface area contributed by atoms with Crippen LogP contribution >= 0.6 is 11.8 Å². The third-order valence-corrected chi connectivity index (χ3v) is 9.03. The Labute approximate surface area is 264 Å². The highest BCUT2D eigenvalue weighted by Crippen LogP contribution is 2.43. The van der Waals surface area contributed by atoms with E-state index in [1.54, 1.807) is 13.0 Å². The lowest BCUT2D eigenvalue weighted by atomic mass is 10.00. The van der Waals surface area contributed by atoms with Crippen LogP contribution in [0, 0.1) is 0 Å². The number of nitrogens with zero attached hydrogens (tertiary/aromatic N) is 1. The van der Waals surface area contributed by atoms with Gasteiger partial charge in [-0.2, -0.15) is 0 Å². The molecule has 10 heteroatoms. The first-order valence-electron chi connectivity index (χ1n) is 14.4. The molecule has 3 aliphatic heterocycles. The normalized spacial score (nSPS) is 20.2. The van der Waals surface area contributed by atoms with Crippen LogP contribution in [0.2, 0.25) is 0 Å². The summed E-state index contributed by atoms with van der Waals surface area (Å²) in [6, 6.07) is 27.1. The zero-order chi connectivity index (χ0) is 31.5. The Kier molecular flexibility index (Phi) is 8.57. The maximum absolute atomic E-state index is 14.2. The van der Waals surface area contributed by atoms with Gasteiger partial charge in [0.1, 0.15) is 17.1 Å². The van der Waals surface area contributed by atoms with Crippen molar-refractivity contribution in [3.63, 3.8) is 0 Å². The van der Waals surface area contributed by atoms with Gasteiger partial charge in [0.05, 0.1) is 19.1 Å². The van der Waals surface area contributed by atoms with Gasteiger partial charge in [-0.1, -0.05) is 91.0 Å². The predicted octanol–water partition coefficient (Wildman–Crippen LogP) is 4.58. The molecule has 1 fully saturated rings. The maximum atomic E-state index is 14.2. The van der Waals surface area contributed by atoms with E-state index in [0.29, 0.717) is 11.1 Å². The number of carbonyl (C=O) groups is 4. The number of amides is 2. The molecule has 2 atom stereocenters. The van der Waals surface area contributed by atoms with E-state index in [1.807, 2.05) is 91.0 Å². The molecule has 3 heterocycles. The number of cyclic esters (lactones) is 1. The highest BCUT2D eigenvalue weighted by atomic mass is 32.2. The molecule has 228 valence electrons. The summed E-state index contributed by atoms with van der Waals surface area (Å²) in [6.07, 6.45) is 0.909. The number of hydrogen-bond donors (Lipinski definition) is 1. The van der Waals surface area contributed by atoms with Gasteiger partial charge in [-0.25, -0.2) is 9.59 Å². The number of benzene rings is 3. The minimum atomic E-state index is -0.816. The van der Waals surface area contributed by atoms with Crippen molar-refractivity contribution in [2.75, 3.05) is 12.9 Å². The number of nitrogens with one attached hydrogen (secondary N) is 1. The molecule has 9 nitrogen and oxygen atoms in total. The molecule has 45 heavy (non-hydrogen) atoms. The molecular formula is C35H30N2O7S. The van der Waals surface area contributed by atoms with Crippen molar-refractivity contribution in [2.45, 2.75) is 30.9 Å². The van der Waals surface area contributed by atoms with Crippen molar-refractivity contribution in [2.24, 2.45) is 0 Å². The van der Waals surface area contributed by atoms with Crippen LogP contribution < -0.4 is 5.32 Å². The Balaban J connectivity index is 1.33. The standard InChI is InChI=1S/C35H30N2O7S/c1-21-30(42-2)26(43-34(21)40)19-25-20-45-33-28(36-27(38)18-22-12-6-3-7-13-22)32(39)37(33)29(25)35(41)44-31(23-14-8-4-9-15-23)24-16-10-5-11-17-24/h3-17,19,28,31,33H,18,20H2,1-2H3,(H,36,38)/b26-19-/t28-,33+/m1/s1. The molecule has 0 aromatic heterocycles. The smallest absolute Gasteiger partial charge is 0.356 e. The van der Waals surface area contributed by atoms with Crippen LogP contribution in [0.5, 0.6) is 0 Å². The van der Waals surface area contributed by atoms with Crippen molar-refractivity contribution in [3.05, 3.63) is 142 Å². The Bertz CT molecular complexity index is 1700. The number of β-lactam (4-membered cyclic amide) rings is 1. The minimum absolute atomic E-state index is 0.0257. The lowest BCUT2D eigenvalue weighted by molar-refractivity contribution is -0.154. The fourth-order valence-electron chi connectivity index (χ4n) is 5.50. The third-order valence-electron chi connectivity index (χ3n) is 7.73. The SMILES string of the molecule is COC1=C(C)C(=O)O/C1=C\C1=C(C(=O)OC(c2ccccc2)c2ccccc2)N2C(=O)[C@@H](NC(=O)Cc3ccccc3)[C@@H]2SC1. The second-order valence-electron chi connectivity index (χ2n) is 10.7. The summed E-state index contributed by atoms with van der Waals surface area (Å²) < 4.78 is 17.0. The Morgan fingerprint density at radius 1 is 0.978 bits per heavy atom. The average molecular weight is 623 g/mol. The van der Waals surface area contributed by atoms with Crippen molar-refractivity contribution in [1.82, 2.24) is 10.2 Å². The number of ether oxygens (including phenoxy) is 3. The minimum Gasteiger partial charge on any atom is -0.492 e. The van der Waals surface area contributed by atoms with Crippen LogP contribution in [-0.4, -0.2) is 52.9 Å². The molecule has 0 saturated carbocycles. The van der Waals surface area contributed by atoms with Crippen molar-refractivity contribution in [3.8, 4) is 0 Å². The summed E-state index contributed by atoms with van der Waals surface area (Å²) in [5.41, 5.74) is 3.08. The van der Waals surface area contributed by atoms with Gasteiger partial charge in [-0.05, 0) is 35.3 Å².